The van der Waals surface area contributed by atoms with Crippen molar-refractivity contribution in [3.05, 3.63) is 0 Å². The van der Waals surface area contributed by atoms with Gasteiger partial charge in [0.25, 0.3) is 0 Å². The molecule has 0 heterocycles. The standard InChI is InChI=1S/C12H18O3.H2O/c1-11(2)8-4-5-12(3,6-8)10(11)15-9(14)7-13;/h7-8,10H,4-6H2,1-3H3;1H2. The fourth-order valence-corrected chi connectivity index (χ4v) is 3.69. The molecule has 4 nitrogen and oxygen atoms in total. The van der Waals surface area contributed by atoms with Crippen molar-refractivity contribution >= 4 is 12.3 Å². The van der Waals surface area contributed by atoms with Gasteiger partial charge in [0, 0.05) is 10.8 Å². The quantitative estimate of drug-likeness (QED) is 0.404. The van der Waals surface area contributed by atoms with Crippen LogP contribution in [0.1, 0.15) is 40.0 Å². The number of rotatable bonds is 2. The normalized spacial score (nSPS) is 38.9. The molecule has 0 aromatic heterocycles. The Morgan fingerprint density at radius 2 is 2.00 bits per heavy atom. The number of carbonyl (C=O) groups excluding carboxylic acids is 2. The summed E-state index contributed by atoms with van der Waals surface area (Å²) in [6, 6.07) is 0. The monoisotopic (exact) mass is 228 g/mol. The smallest absolute Gasteiger partial charge is 0.371 e. The largest absolute Gasteiger partial charge is 0.456 e. The summed E-state index contributed by atoms with van der Waals surface area (Å²) < 4.78 is 5.31. The van der Waals surface area contributed by atoms with Crippen LogP contribution in [0, 0.1) is 16.7 Å². The van der Waals surface area contributed by atoms with Gasteiger partial charge in [-0.05, 0) is 25.2 Å². The van der Waals surface area contributed by atoms with Crippen molar-refractivity contribution in [2.24, 2.45) is 16.7 Å². The van der Waals surface area contributed by atoms with E-state index in [2.05, 4.69) is 20.8 Å². The highest BCUT2D eigenvalue weighted by molar-refractivity contribution is 6.20. The van der Waals surface area contributed by atoms with Crippen LogP contribution in [0.2, 0.25) is 0 Å². The van der Waals surface area contributed by atoms with Gasteiger partial charge < -0.3 is 10.2 Å². The number of fused-ring (bicyclic) bond motifs is 2. The summed E-state index contributed by atoms with van der Waals surface area (Å²) in [6.07, 6.45) is 3.63. The fourth-order valence-electron chi connectivity index (χ4n) is 3.69. The summed E-state index contributed by atoms with van der Waals surface area (Å²) in [7, 11) is 0. The molecule has 0 aromatic rings. The molecule has 0 saturated heterocycles. The molecule has 2 aliphatic rings. The lowest BCUT2D eigenvalue weighted by Gasteiger charge is -2.41. The first-order chi connectivity index (χ1) is 6.90. The van der Waals surface area contributed by atoms with Gasteiger partial charge in [0.05, 0.1) is 0 Å². The summed E-state index contributed by atoms with van der Waals surface area (Å²) in [6.45, 7) is 6.46. The lowest BCUT2D eigenvalue weighted by molar-refractivity contribution is -0.165. The Labute approximate surface area is 95.7 Å². The molecule has 0 amide bonds. The van der Waals surface area contributed by atoms with E-state index < -0.39 is 5.97 Å². The third kappa shape index (κ3) is 1.65. The van der Waals surface area contributed by atoms with Crippen LogP contribution >= 0.6 is 0 Å². The third-order valence-corrected chi connectivity index (χ3v) is 4.47. The molecular weight excluding hydrogens is 208 g/mol. The lowest BCUT2D eigenvalue weighted by atomic mass is 9.70. The summed E-state index contributed by atoms with van der Waals surface area (Å²) in [5.74, 6) is -0.0891. The average Bonchev–Trinajstić information content (AvgIpc) is 2.63. The van der Waals surface area contributed by atoms with E-state index in [1.165, 1.54) is 6.42 Å². The molecule has 0 aliphatic heterocycles. The molecule has 0 aromatic carbocycles. The number of aldehydes is 1. The summed E-state index contributed by atoms with van der Waals surface area (Å²) in [5.41, 5.74) is 0.110. The van der Waals surface area contributed by atoms with E-state index in [9.17, 15) is 9.59 Å². The lowest BCUT2D eigenvalue weighted by Crippen LogP contribution is -2.43. The molecule has 0 spiro atoms. The number of hydrogen-bond donors (Lipinski definition) is 0. The van der Waals surface area contributed by atoms with Gasteiger partial charge in [-0.1, -0.05) is 20.8 Å². The second-order valence-electron chi connectivity index (χ2n) is 5.85. The van der Waals surface area contributed by atoms with Crippen LogP contribution in [0.5, 0.6) is 0 Å². The van der Waals surface area contributed by atoms with Gasteiger partial charge in [0.2, 0.25) is 6.29 Å². The summed E-state index contributed by atoms with van der Waals surface area (Å²) in [4.78, 5) is 21.4. The fraction of sp³-hybridized carbons (Fsp3) is 0.833. The second kappa shape index (κ2) is 3.84. The van der Waals surface area contributed by atoms with E-state index in [0.717, 1.165) is 12.8 Å². The second-order valence-corrected chi connectivity index (χ2v) is 5.85. The highest BCUT2D eigenvalue weighted by atomic mass is 16.5. The molecule has 16 heavy (non-hydrogen) atoms. The van der Waals surface area contributed by atoms with Gasteiger partial charge in [0.15, 0.2) is 0 Å². The molecule has 3 unspecified atom stereocenters. The zero-order valence-electron chi connectivity index (χ0n) is 10.1. The number of ether oxygens (including phenoxy) is 1. The van der Waals surface area contributed by atoms with Crippen LogP contribution < -0.4 is 0 Å². The van der Waals surface area contributed by atoms with Crippen molar-refractivity contribution in [2.45, 2.75) is 46.1 Å². The number of hydrogen-bond acceptors (Lipinski definition) is 3. The minimum atomic E-state index is -0.721. The molecule has 92 valence electrons. The van der Waals surface area contributed by atoms with Gasteiger partial charge in [-0.3, -0.25) is 4.79 Å². The first-order valence-corrected chi connectivity index (χ1v) is 5.56. The molecular formula is C12H20O4. The first-order valence-electron chi connectivity index (χ1n) is 5.56. The van der Waals surface area contributed by atoms with Gasteiger partial charge in [-0.25, -0.2) is 4.79 Å². The Hall–Kier alpha value is -0.900. The van der Waals surface area contributed by atoms with E-state index in [4.69, 9.17) is 4.74 Å². The third-order valence-electron chi connectivity index (χ3n) is 4.47. The van der Waals surface area contributed by atoms with Crippen molar-refractivity contribution < 1.29 is 19.8 Å². The minimum Gasteiger partial charge on any atom is -0.456 e. The zero-order valence-corrected chi connectivity index (χ0v) is 10.1. The molecule has 2 saturated carbocycles. The van der Waals surface area contributed by atoms with Crippen LogP contribution in [0.25, 0.3) is 0 Å². The van der Waals surface area contributed by atoms with Gasteiger partial charge >= 0.3 is 5.97 Å². The van der Waals surface area contributed by atoms with Crippen molar-refractivity contribution in [2.75, 3.05) is 0 Å². The van der Waals surface area contributed by atoms with E-state index in [-0.39, 0.29) is 28.7 Å². The Bertz CT molecular complexity index is 305. The van der Waals surface area contributed by atoms with E-state index >= 15 is 0 Å². The summed E-state index contributed by atoms with van der Waals surface area (Å²) in [5, 5.41) is 0. The van der Waals surface area contributed by atoms with E-state index in [1.54, 1.807) is 0 Å². The van der Waals surface area contributed by atoms with E-state index in [0.29, 0.717) is 5.92 Å². The zero-order chi connectivity index (χ0) is 11.3. The van der Waals surface area contributed by atoms with Crippen molar-refractivity contribution in [1.29, 1.82) is 0 Å². The van der Waals surface area contributed by atoms with Crippen LogP contribution in [-0.4, -0.2) is 23.8 Å². The molecule has 2 rings (SSSR count). The molecule has 2 bridgehead atoms. The molecule has 0 radical (unpaired) electrons. The highest BCUT2D eigenvalue weighted by Gasteiger charge is 2.61. The Kier molecular flexibility index (Phi) is 3.16. The minimum absolute atomic E-state index is 0. The highest BCUT2D eigenvalue weighted by Crippen LogP contribution is 2.63. The Balaban J connectivity index is 0.00000128. The molecule has 2 fully saturated rings. The van der Waals surface area contributed by atoms with Crippen LogP contribution in [0.3, 0.4) is 0 Å². The van der Waals surface area contributed by atoms with Crippen LogP contribution in [-0.2, 0) is 14.3 Å². The van der Waals surface area contributed by atoms with Gasteiger partial charge in [-0.15, -0.1) is 0 Å². The Morgan fingerprint density at radius 1 is 1.38 bits per heavy atom. The van der Waals surface area contributed by atoms with E-state index in [1.807, 2.05) is 0 Å². The Morgan fingerprint density at radius 3 is 2.44 bits per heavy atom. The van der Waals surface area contributed by atoms with Crippen molar-refractivity contribution in [1.82, 2.24) is 0 Å². The maximum absolute atomic E-state index is 11.1. The van der Waals surface area contributed by atoms with Crippen molar-refractivity contribution in [3.8, 4) is 0 Å². The van der Waals surface area contributed by atoms with Gasteiger partial charge in [-0.2, -0.15) is 0 Å². The molecule has 2 N–H and O–H groups in total. The predicted octanol–water partition coefficient (Wildman–Crippen LogP) is 1.12. The first kappa shape index (κ1) is 13.2. The predicted molar refractivity (Wildman–Crippen MR) is 58.8 cm³/mol. The number of esters is 1. The topological polar surface area (TPSA) is 74.9 Å². The maximum atomic E-state index is 11.1. The SMILES string of the molecule is CC12CCC(C1)C(C)(C)C2OC(=O)C=O.O. The average molecular weight is 228 g/mol. The molecule has 4 heteroatoms. The van der Waals surface area contributed by atoms with Crippen LogP contribution in [0.15, 0.2) is 0 Å². The maximum Gasteiger partial charge on any atom is 0.371 e. The van der Waals surface area contributed by atoms with Crippen molar-refractivity contribution in [3.63, 3.8) is 0 Å². The van der Waals surface area contributed by atoms with Gasteiger partial charge in [0.1, 0.15) is 6.10 Å². The molecule has 2 aliphatic carbocycles. The number of carbonyl (C=O) groups is 2. The molecule has 3 atom stereocenters. The summed E-state index contributed by atoms with van der Waals surface area (Å²) >= 11 is 0. The van der Waals surface area contributed by atoms with Crippen LogP contribution in [0.4, 0.5) is 0 Å².